The molecule has 1 unspecified atom stereocenters. The van der Waals surface area contributed by atoms with Crippen LogP contribution in [0.15, 0.2) is 59.4 Å². The fraction of sp³-hybridized carbons (Fsp3) is 0.222. The third kappa shape index (κ3) is 4.99. The van der Waals surface area contributed by atoms with Gasteiger partial charge < -0.3 is 24.7 Å². The smallest absolute Gasteiger partial charge is 0.417 e. The average Bonchev–Trinajstić information content (AvgIpc) is 3.25. The van der Waals surface area contributed by atoms with E-state index >= 15 is 0 Å². The summed E-state index contributed by atoms with van der Waals surface area (Å²) in [5.41, 5.74) is -1.01. The zero-order valence-electron chi connectivity index (χ0n) is 20.6. The highest BCUT2D eigenvalue weighted by atomic mass is 19.4. The first kappa shape index (κ1) is 26.5. The van der Waals surface area contributed by atoms with Gasteiger partial charge in [-0.15, -0.1) is 0 Å². The molecule has 38 heavy (non-hydrogen) atoms. The molecule has 0 aliphatic heterocycles. The molecule has 11 heteroatoms. The maximum Gasteiger partial charge on any atom is 0.417 e. The molecule has 198 valence electrons. The monoisotopic (exact) mass is 527 g/mol. The van der Waals surface area contributed by atoms with E-state index in [-0.39, 0.29) is 29.1 Å². The summed E-state index contributed by atoms with van der Waals surface area (Å²) in [6, 6.07) is 12.1. The van der Waals surface area contributed by atoms with E-state index in [0.29, 0.717) is 16.5 Å². The number of H-pyrrole nitrogens is 1. The number of carboxylic acids is 1. The molecule has 3 N–H and O–H groups in total. The Morgan fingerprint density at radius 2 is 1.79 bits per heavy atom. The van der Waals surface area contributed by atoms with Crippen molar-refractivity contribution >= 4 is 22.8 Å². The van der Waals surface area contributed by atoms with Crippen molar-refractivity contribution in [2.45, 2.75) is 25.6 Å². The number of rotatable bonds is 7. The van der Waals surface area contributed by atoms with E-state index in [1.165, 1.54) is 45.3 Å². The molecule has 1 amide bonds. The summed E-state index contributed by atoms with van der Waals surface area (Å²) < 4.78 is 47.5. The van der Waals surface area contributed by atoms with Gasteiger partial charge >= 0.3 is 12.1 Å². The lowest BCUT2D eigenvalue weighted by Gasteiger charge is -2.17. The number of carboxylic acid groups (broad SMARTS) is 1. The number of aliphatic carboxylic acids is 1. The van der Waals surface area contributed by atoms with Crippen molar-refractivity contribution in [2.75, 3.05) is 7.11 Å². The zero-order valence-corrected chi connectivity index (χ0v) is 20.6. The van der Waals surface area contributed by atoms with Crippen LogP contribution in [-0.2, 0) is 24.4 Å². The van der Waals surface area contributed by atoms with E-state index in [2.05, 4.69) is 10.3 Å². The largest absolute Gasteiger partial charge is 0.494 e. The minimum Gasteiger partial charge on any atom is -0.494 e. The molecule has 2 heterocycles. The number of fused-ring (bicyclic) bond motifs is 1. The van der Waals surface area contributed by atoms with Gasteiger partial charge in [-0.1, -0.05) is 36.4 Å². The van der Waals surface area contributed by atoms with Crippen LogP contribution in [0.3, 0.4) is 0 Å². The topological polar surface area (TPSA) is 113 Å². The molecule has 8 nitrogen and oxygen atoms in total. The van der Waals surface area contributed by atoms with Crippen LogP contribution in [-0.4, -0.2) is 39.7 Å². The van der Waals surface area contributed by atoms with Gasteiger partial charge in [0.1, 0.15) is 11.7 Å². The number of nitrogens with zero attached hydrogens (tertiary/aromatic N) is 1. The lowest BCUT2D eigenvalue weighted by Crippen LogP contribution is -2.42. The van der Waals surface area contributed by atoms with Crippen molar-refractivity contribution in [1.82, 2.24) is 14.9 Å². The highest BCUT2D eigenvalue weighted by Gasteiger charge is 2.36. The summed E-state index contributed by atoms with van der Waals surface area (Å²) in [4.78, 5) is 40.5. The molecule has 2 aromatic carbocycles. The number of para-hydroxylation sites is 1. The van der Waals surface area contributed by atoms with Gasteiger partial charge in [-0.3, -0.25) is 9.59 Å². The average molecular weight is 527 g/mol. The summed E-state index contributed by atoms with van der Waals surface area (Å²) in [6.07, 6.45) is -4.89. The van der Waals surface area contributed by atoms with E-state index in [4.69, 9.17) is 4.74 Å². The SMILES string of the molecule is COc1c(C(=O)NC(Cc2ccc(-c3c(C(F)(F)F)cc(C)n(C)c3=O)cc2)C(=O)O)[nH]c2ccccc12. The lowest BCUT2D eigenvalue weighted by molar-refractivity contribution is -0.139. The number of hydrogen-bond donors (Lipinski definition) is 3. The number of aryl methyl sites for hydroxylation is 1. The van der Waals surface area contributed by atoms with Gasteiger partial charge in [0, 0.05) is 30.1 Å². The summed E-state index contributed by atoms with van der Waals surface area (Å²) in [5, 5.41) is 12.8. The predicted octanol–water partition coefficient (Wildman–Crippen LogP) is 4.30. The molecule has 0 bridgehead atoms. The highest BCUT2D eigenvalue weighted by Crippen LogP contribution is 2.36. The normalized spacial score (nSPS) is 12.4. The number of aromatic amines is 1. The van der Waals surface area contributed by atoms with Gasteiger partial charge in [-0.25, -0.2) is 4.79 Å². The van der Waals surface area contributed by atoms with E-state index in [0.717, 1.165) is 10.6 Å². The quantitative estimate of drug-likeness (QED) is 0.332. The van der Waals surface area contributed by atoms with Gasteiger partial charge in [0.2, 0.25) is 0 Å². The van der Waals surface area contributed by atoms with Crippen molar-refractivity contribution in [3.05, 3.63) is 87.5 Å². The standard InChI is InChI=1S/C27H24F3N3O5/c1-14-12-18(27(28,29)30)21(25(35)33(14)2)16-10-8-15(9-11-16)13-20(26(36)37)32-24(34)22-23(38-3)17-6-4-5-7-19(17)31-22/h4-12,20,31H,13H2,1-3H3,(H,32,34)(H,36,37). The predicted molar refractivity (Wildman–Crippen MR) is 134 cm³/mol. The molecule has 1 atom stereocenters. The van der Waals surface area contributed by atoms with Crippen LogP contribution in [0.5, 0.6) is 5.75 Å². The second-order valence-electron chi connectivity index (χ2n) is 8.78. The van der Waals surface area contributed by atoms with Gasteiger partial charge in [-0.05, 0) is 36.2 Å². The third-order valence-corrected chi connectivity index (χ3v) is 6.35. The first-order valence-electron chi connectivity index (χ1n) is 11.5. The number of carbonyl (C=O) groups excluding carboxylic acids is 1. The lowest BCUT2D eigenvalue weighted by atomic mass is 9.97. The Labute approximate surface area is 214 Å². The van der Waals surface area contributed by atoms with Crippen LogP contribution in [0.4, 0.5) is 13.2 Å². The number of ether oxygens (including phenoxy) is 1. The van der Waals surface area contributed by atoms with Crippen molar-refractivity contribution in [2.24, 2.45) is 7.05 Å². The summed E-state index contributed by atoms with van der Waals surface area (Å²) in [6.45, 7) is 1.41. The number of methoxy groups -OCH3 is 1. The fourth-order valence-corrected chi connectivity index (χ4v) is 4.29. The number of pyridine rings is 1. The number of carbonyl (C=O) groups is 2. The first-order chi connectivity index (χ1) is 17.9. The molecule has 0 saturated carbocycles. The fourth-order valence-electron chi connectivity index (χ4n) is 4.29. The van der Waals surface area contributed by atoms with Crippen LogP contribution in [0.25, 0.3) is 22.0 Å². The molecule has 2 aromatic heterocycles. The second kappa shape index (κ2) is 10.1. The van der Waals surface area contributed by atoms with Crippen molar-refractivity contribution in [1.29, 1.82) is 0 Å². The van der Waals surface area contributed by atoms with E-state index in [1.54, 1.807) is 24.3 Å². The highest BCUT2D eigenvalue weighted by molar-refractivity contribution is 6.04. The van der Waals surface area contributed by atoms with E-state index in [9.17, 15) is 32.7 Å². The van der Waals surface area contributed by atoms with Crippen LogP contribution >= 0.6 is 0 Å². The Balaban J connectivity index is 1.61. The van der Waals surface area contributed by atoms with Gasteiger partial charge in [-0.2, -0.15) is 13.2 Å². The van der Waals surface area contributed by atoms with Gasteiger partial charge in [0.05, 0.1) is 18.2 Å². The molecule has 4 aromatic rings. The third-order valence-electron chi connectivity index (χ3n) is 6.35. The van der Waals surface area contributed by atoms with Gasteiger partial charge in [0.15, 0.2) is 5.75 Å². The molecule has 0 saturated heterocycles. The Morgan fingerprint density at radius 3 is 2.39 bits per heavy atom. The molecule has 0 fully saturated rings. The molecule has 0 radical (unpaired) electrons. The Morgan fingerprint density at radius 1 is 1.13 bits per heavy atom. The minimum atomic E-state index is -4.74. The molecule has 0 aliphatic rings. The summed E-state index contributed by atoms with van der Waals surface area (Å²) in [5.74, 6) is -1.73. The maximum absolute atomic E-state index is 13.7. The second-order valence-corrected chi connectivity index (χ2v) is 8.78. The number of benzene rings is 2. The number of aromatic nitrogens is 2. The minimum absolute atomic E-state index is 0.0420. The Kier molecular flexibility index (Phi) is 7.03. The number of amides is 1. The Bertz CT molecular complexity index is 1590. The van der Waals surface area contributed by atoms with Gasteiger partial charge in [0.25, 0.3) is 11.5 Å². The summed E-state index contributed by atoms with van der Waals surface area (Å²) >= 11 is 0. The first-order valence-corrected chi connectivity index (χ1v) is 11.5. The van der Waals surface area contributed by atoms with Crippen LogP contribution < -0.4 is 15.6 Å². The number of hydrogen-bond acceptors (Lipinski definition) is 4. The number of halogens is 3. The molecular formula is C27H24F3N3O5. The zero-order chi connectivity index (χ0) is 27.8. The summed E-state index contributed by atoms with van der Waals surface area (Å²) in [7, 11) is 2.78. The van der Waals surface area contributed by atoms with E-state index in [1.807, 2.05) is 0 Å². The maximum atomic E-state index is 13.7. The Hall–Kier alpha value is -4.54. The molecule has 0 aliphatic carbocycles. The van der Waals surface area contributed by atoms with Crippen LogP contribution in [0.2, 0.25) is 0 Å². The molecule has 0 spiro atoms. The van der Waals surface area contributed by atoms with E-state index < -0.39 is 40.8 Å². The van der Waals surface area contributed by atoms with Crippen molar-refractivity contribution in [3.63, 3.8) is 0 Å². The number of nitrogens with one attached hydrogen (secondary N) is 2. The van der Waals surface area contributed by atoms with Crippen molar-refractivity contribution < 1.29 is 32.6 Å². The number of alkyl halides is 3. The molecular weight excluding hydrogens is 503 g/mol. The van der Waals surface area contributed by atoms with Crippen molar-refractivity contribution in [3.8, 4) is 16.9 Å². The molecule has 4 rings (SSSR count). The van der Waals surface area contributed by atoms with Crippen LogP contribution in [0, 0.1) is 6.92 Å². The van der Waals surface area contributed by atoms with Crippen LogP contribution in [0.1, 0.15) is 27.3 Å².